The maximum Gasteiger partial charge on any atom is 0.340 e. The van der Waals surface area contributed by atoms with Crippen LogP contribution in [0.1, 0.15) is 103 Å². The van der Waals surface area contributed by atoms with Gasteiger partial charge in [0.05, 0.1) is 55.0 Å². The predicted octanol–water partition coefficient (Wildman–Crippen LogP) is 5.95. The van der Waals surface area contributed by atoms with Gasteiger partial charge in [-0.1, -0.05) is 31.2 Å². The lowest BCUT2D eigenvalue weighted by Gasteiger charge is -2.41. The molecule has 0 N–H and O–H groups in total. The predicted molar refractivity (Wildman–Crippen MR) is 181 cm³/mol. The van der Waals surface area contributed by atoms with Crippen molar-refractivity contribution in [3.63, 3.8) is 0 Å². The van der Waals surface area contributed by atoms with E-state index in [1.807, 2.05) is 44.5 Å². The number of rotatable bonds is 16. The third-order valence-corrected chi connectivity index (χ3v) is 8.07. The molecule has 1 aliphatic heterocycles. The van der Waals surface area contributed by atoms with Crippen molar-refractivity contribution < 1.29 is 23.7 Å². The molecule has 1 aliphatic rings. The summed E-state index contributed by atoms with van der Waals surface area (Å²) >= 11 is 0. The Kier molecular flexibility index (Phi) is 12.0. The van der Waals surface area contributed by atoms with Gasteiger partial charge < -0.3 is 23.8 Å². The van der Waals surface area contributed by atoms with Crippen molar-refractivity contribution in [2.75, 3.05) is 37.8 Å². The fourth-order valence-corrected chi connectivity index (χ4v) is 5.83. The molecule has 0 aromatic carbocycles. The van der Waals surface area contributed by atoms with Gasteiger partial charge in [-0.05, 0) is 66.7 Å². The summed E-state index contributed by atoms with van der Waals surface area (Å²) in [5, 5.41) is 13.9. The highest BCUT2D eigenvalue weighted by Crippen LogP contribution is 2.38. The Labute approximate surface area is 279 Å². The van der Waals surface area contributed by atoms with Crippen molar-refractivity contribution in [1.82, 2.24) is 29.6 Å². The zero-order chi connectivity index (χ0) is 34.4. The first-order valence-electron chi connectivity index (χ1n) is 16.6. The van der Waals surface area contributed by atoms with Crippen molar-refractivity contribution in [2.45, 2.75) is 105 Å². The van der Waals surface area contributed by atoms with E-state index in [0.717, 1.165) is 36.5 Å². The van der Waals surface area contributed by atoms with Crippen molar-refractivity contribution in [3.05, 3.63) is 60.2 Å². The summed E-state index contributed by atoms with van der Waals surface area (Å²) in [5.41, 5.74) is 2.60. The number of esters is 1. The molecule has 2 unspecified atom stereocenters. The Morgan fingerprint density at radius 3 is 2.47 bits per heavy atom. The van der Waals surface area contributed by atoms with Gasteiger partial charge in [0.2, 0.25) is 0 Å². The molecule has 3 aromatic heterocycles. The molecule has 3 aromatic rings. The number of anilines is 1. The van der Waals surface area contributed by atoms with Gasteiger partial charge in [0.25, 0.3) is 0 Å². The van der Waals surface area contributed by atoms with Gasteiger partial charge in [0.15, 0.2) is 11.8 Å². The molecule has 0 saturated carbocycles. The highest BCUT2D eigenvalue weighted by atomic mass is 16.6. The van der Waals surface area contributed by atoms with Gasteiger partial charge in [-0.3, -0.25) is 0 Å². The smallest absolute Gasteiger partial charge is 0.340 e. The Hall–Kier alpha value is -3.61. The normalized spacial score (nSPS) is 16.4. The summed E-state index contributed by atoms with van der Waals surface area (Å²) in [5.74, 6) is 0.736. The van der Waals surface area contributed by atoms with Crippen molar-refractivity contribution in [3.8, 4) is 0 Å². The van der Waals surface area contributed by atoms with Crippen molar-refractivity contribution in [1.29, 1.82) is 0 Å². The molecule has 4 heterocycles. The summed E-state index contributed by atoms with van der Waals surface area (Å²) in [6, 6.07) is 1.95. The number of ether oxygens (including phenoxy) is 4. The molecule has 1 fully saturated rings. The molecule has 47 heavy (non-hydrogen) atoms. The van der Waals surface area contributed by atoms with Crippen LogP contribution < -0.4 is 4.90 Å². The minimum Gasteiger partial charge on any atom is -0.464 e. The first-order chi connectivity index (χ1) is 22.3. The second-order valence-corrected chi connectivity index (χ2v) is 13.8. The number of carbonyl (C=O) groups excluding carboxylic acids is 1. The van der Waals surface area contributed by atoms with Gasteiger partial charge in [0.1, 0.15) is 17.6 Å². The van der Waals surface area contributed by atoms with Crippen LogP contribution in [0.25, 0.3) is 5.65 Å². The van der Waals surface area contributed by atoms with Crippen LogP contribution >= 0.6 is 0 Å². The molecule has 2 atom stereocenters. The maximum atomic E-state index is 13.5. The molecular formula is C35H53N7O5. The number of piperidine rings is 1. The third-order valence-electron chi connectivity index (χ3n) is 8.07. The van der Waals surface area contributed by atoms with E-state index in [-0.39, 0.29) is 18.3 Å². The number of aromatic nitrogens is 6. The standard InChI is InChI=1S/C35H53N7O5/c1-11-18-45-28(20-24(4)5)27-23-41(39-37-27)22-26-21-29-36-25(6)30(31(33(43)44-13-3)47-34(7,8)9)32(42(29)38-26)40-16-14-35(10,15-17-40)46-19-12-2/h11-12,21,23-24,28,31H,1-2,13-20,22H2,3-10H3. The number of hydrogen-bond acceptors (Lipinski definition) is 10. The van der Waals surface area contributed by atoms with Crippen LogP contribution in [0.4, 0.5) is 5.82 Å². The third kappa shape index (κ3) is 9.27. The first-order valence-corrected chi connectivity index (χ1v) is 16.6. The van der Waals surface area contributed by atoms with Crippen LogP contribution in [-0.4, -0.2) is 79.7 Å². The summed E-state index contributed by atoms with van der Waals surface area (Å²) in [4.78, 5) is 20.7. The van der Waals surface area contributed by atoms with Gasteiger partial charge in [-0.2, -0.15) is 9.61 Å². The maximum absolute atomic E-state index is 13.5. The molecule has 0 radical (unpaired) electrons. The van der Waals surface area contributed by atoms with Crippen LogP contribution in [0.15, 0.2) is 37.6 Å². The molecule has 0 bridgehead atoms. The van der Waals surface area contributed by atoms with Gasteiger partial charge in [0, 0.05) is 24.8 Å². The topological polar surface area (TPSA) is 118 Å². The average Bonchev–Trinajstić information content (AvgIpc) is 3.63. The second-order valence-electron chi connectivity index (χ2n) is 13.8. The van der Waals surface area contributed by atoms with Crippen LogP contribution in [0.5, 0.6) is 0 Å². The highest BCUT2D eigenvalue weighted by Gasteiger charge is 2.38. The SMILES string of the molecule is C=CCOC(CC(C)C)c1cn(Cc2cc3nc(C)c(C(OC(C)(C)C)C(=O)OCC)c(N4CCC(C)(OCC=C)CC4)n3n2)nn1. The monoisotopic (exact) mass is 651 g/mol. The molecule has 0 amide bonds. The number of nitrogens with zero attached hydrogens (tertiary/aromatic N) is 7. The number of hydrogen-bond donors (Lipinski definition) is 0. The van der Waals surface area contributed by atoms with Crippen LogP contribution in [-0.2, 0) is 30.3 Å². The molecule has 1 saturated heterocycles. The molecule has 258 valence electrons. The molecule has 4 rings (SSSR count). The van der Waals surface area contributed by atoms with E-state index in [1.165, 1.54) is 0 Å². The van der Waals surface area contributed by atoms with E-state index in [0.29, 0.717) is 55.7 Å². The zero-order valence-electron chi connectivity index (χ0n) is 29.5. The van der Waals surface area contributed by atoms with Gasteiger partial charge in [-0.15, -0.1) is 18.3 Å². The van der Waals surface area contributed by atoms with E-state index < -0.39 is 17.7 Å². The lowest BCUT2D eigenvalue weighted by molar-refractivity contribution is -0.166. The fourth-order valence-electron chi connectivity index (χ4n) is 5.83. The van der Waals surface area contributed by atoms with E-state index >= 15 is 0 Å². The van der Waals surface area contributed by atoms with Crippen molar-refractivity contribution >= 4 is 17.4 Å². The van der Waals surface area contributed by atoms with Crippen molar-refractivity contribution in [2.24, 2.45) is 5.92 Å². The van der Waals surface area contributed by atoms with E-state index in [9.17, 15) is 4.79 Å². The lowest BCUT2D eigenvalue weighted by Crippen LogP contribution is -2.45. The van der Waals surface area contributed by atoms with Crippen LogP contribution in [0.3, 0.4) is 0 Å². The molecule has 0 spiro atoms. The fraction of sp³-hybridized carbons (Fsp3) is 0.629. The molecule has 12 heteroatoms. The van der Waals surface area contributed by atoms with Gasteiger partial charge in [-0.25, -0.2) is 14.5 Å². The second kappa shape index (κ2) is 15.5. The summed E-state index contributed by atoms with van der Waals surface area (Å²) in [6.45, 7) is 26.4. The summed E-state index contributed by atoms with van der Waals surface area (Å²) in [7, 11) is 0. The lowest BCUT2D eigenvalue weighted by atomic mass is 9.92. The Bertz CT molecular complexity index is 1510. The minimum atomic E-state index is -0.994. The Balaban J connectivity index is 1.77. The number of carbonyl (C=O) groups is 1. The largest absolute Gasteiger partial charge is 0.464 e. The highest BCUT2D eigenvalue weighted by molar-refractivity contribution is 5.80. The zero-order valence-corrected chi connectivity index (χ0v) is 29.5. The van der Waals surface area contributed by atoms with E-state index in [4.69, 9.17) is 29.0 Å². The molecule has 12 nitrogen and oxygen atoms in total. The van der Waals surface area contributed by atoms with Crippen LogP contribution in [0, 0.1) is 12.8 Å². The first kappa shape index (κ1) is 36.2. The Morgan fingerprint density at radius 2 is 1.85 bits per heavy atom. The molecule has 0 aliphatic carbocycles. The summed E-state index contributed by atoms with van der Waals surface area (Å²) in [6.07, 6.45) is 6.65. The quantitative estimate of drug-likeness (QED) is 0.136. The number of fused-ring (bicyclic) bond motifs is 1. The summed E-state index contributed by atoms with van der Waals surface area (Å²) < 4.78 is 27.7. The Morgan fingerprint density at radius 1 is 1.15 bits per heavy atom. The van der Waals surface area contributed by atoms with Gasteiger partial charge >= 0.3 is 5.97 Å². The number of aryl methyl sites for hydroxylation is 1. The minimum absolute atomic E-state index is 0.177. The van der Waals surface area contributed by atoms with Crippen LogP contribution in [0.2, 0.25) is 0 Å². The van der Waals surface area contributed by atoms with E-state index in [1.54, 1.807) is 23.8 Å². The molecular weight excluding hydrogens is 598 g/mol. The van der Waals surface area contributed by atoms with E-state index in [2.05, 4.69) is 49.1 Å². The average molecular weight is 652 g/mol.